The Labute approximate surface area is 183 Å². The maximum atomic E-state index is 6.05. The van der Waals surface area contributed by atoms with Crippen LogP contribution in [0.25, 0.3) is 0 Å². The van der Waals surface area contributed by atoms with Gasteiger partial charge in [0.1, 0.15) is 13.1 Å². The second-order valence-electron chi connectivity index (χ2n) is 11.7. The van der Waals surface area contributed by atoms with Gasteiger partial charge >= 0.3 is 0 Å². The average Bonchev–Trinajstić information content (AvgIpc) is 3.36. The molecule has 0 spiro atoms. The lowest BCUT2D eigenvalue weighted by Crippen LogP contribution is -2.45. The highest BCUT2D eigenvalue weighted by Gasteiger charge is 2.19. The summed E-state index contributed by atoms with van der Waals surface area (Å²) in [6.07, 6.45) is 20.5. The molecule has 0 aromatic heterocycles. The number of nitrogens with zero attached hydrogens (tertiary/aromatic N) is 2. The second-order valence-corrected chi connectivity index (χ2v) is 11.7. The highest BCUT2D eigenvalue weighted by Crippen LogP contribution is 2.29. The molecule has 3 nitrogen and oxygen atoms in total. The molecule has 0 aromatic carbocycles. The number of rotatable bonds is 16. The Kier molecular flexibility index (Phi) is 11.6. The molecular weight excluding hydrogens is 356 g/mol. The Morgan fingerprint density at radius 3 is 1.31 bits per heavy atom. The molecule has 2 fully saturated rings. The molecule has 0 heterocycles. The molecule has 0 atom stereocenters. The smallest absolute Gasteiger partial charge is 0.102 e. The van der Waals surface area contributed by atoms with Crippen molar-refractivity contribution < 1.29 is 13.7 Å². The molecule has 2 rings (SSSR count). The van der Waals surface area contributed by atoms with E-state index in [-0.39, 0.29) is 0 Å². The molecular formula is C26H54N2O+2. The van der Waals surface area contributed by atoms with Gasteiger partial charge in [0.25, 0.3) is 0 Å². The van der Waals surface area contributed by atoms with Crippen molar-refractivity contribution in [2.24, 2.45) is 11.8 Å². The van der Waals surface area contributed by atoms with E-state index in [9.17, 15) is 0 Å². The highest BCUT2D eigenvalue weighted by molar-refractivity contribution is 4.67. The van der Waals surface area contributed by atoms with Crippen LogP contribution in [0.3, 0.4) is 0 Å². The maximum absolute atomic E-state index is 6.05. The molecule has 172 valence electrons. The first-order valence-corrected chi connectivity index (χ1v) is 13.1. The van der Waals surface area contributed by atoms with E-state index in [1.54, 1.807) is 0 Å². The van der Waals surface area contributed by atoms with Crippen molar-refractivity contribution in [3.63, 3.8) is 0 Å². The topological polar surface area (TPSA) is 9.23 Å². The standard InChI is InChI=1S/C26H54N2O/c1-27(2,19-11-9-17-25-13-5-6-14-25)21-23-29-24-22-28(3,4)20-12-10-18-26-15-7-8-16-26/h25-26H,5-24H2,1-4H3/q+2. The molecule has 2 aliphatic rings. The van der Waals surface area contributed by atoms with Gasteiger partial charge in [-0.2, -0.15) is 0 Å². The Bertz CT molecular complexity index is 371. The van der Waals surface area contributed by atoms with Gasteiger partial charge in [0, 0.05) is 0 Å². The summed E-state index contributed by atoms with van der Waals surface area (Å²) in [6.45, 7) is 6.74. The summed E-state index contributed by atoms with van der Waals surface area (Å²) < 4.78 is 8.28. The lowest BCUT2D eigenvalue weighted by Gasteiger charge is -2.31. The van der Waals surface area contributed by atoms with E-state index >= 15 is 0 Å². The van der Waals surface area contributed by atoms with Crippen LogP contribution < -0.4 is 0 Å². The van der Waals surface area contributed by atoms with Crippen molar-refractivity contribution in [3.8, 4) is 0 Å². The van der Waals surface area contributed by atoms with E-state index in [1.165, 1.54) is 103 Å². The normalized spacial score (nSPS) is 19.4. The summed E-state index contributed by atoms with van der Waals surface area (Å²) in [5.41, 5.74) is 0. The summed E-state index contributed by atoms with van der Waals surface area (Å²) in [5.74, 6) is 2.11. The third-order valence-corrected chi connectivity index (χ3v) is 7.88. The van der Waals surface area contributed by atoms with Crippen LogP contribution in [0.1, 0.15) is 89.9 Å². The summed E-state index contributed by atoms with van der Waals surface area (Å²) >= 11 is 0. The van der Waals surface area contributed by atoms with Gasteiger partial charge in [-0.1, -0.05) is 64.2 Å². The highest BCUT2D eigenvalue weighted by atomic mass is 16.5. The Hall–Kier alpha value is -0.120. The van der Waals surface area contributed by atoms with Crippen LogP contribution in [0.15, 0.2) is 0 Å². The van der Waals surface area contributed by atoms with E-state index < -0.39 is 0 Å². The molecule has 3 heteroatoms. The molecule has 0 amide bonds. The van der Waals surface area contributed by atoms with Crippen LogP contribution >= 0.6 is 0 Å². The van der Waals surface area contributed by atoms with Crippen molar-refractivity contribution in [3.05, 3.63) is 0 Å². The quantitative estimate of drug-likeness (QED) is 0.228. The van der Waals surface area contributed by atoms with Crippen LogP contribution in [0, 0.1) is 11.8 Å². The molecule has 0 bridgehead atoms. The minimum absolute atomic E-state index is 0.914. The van der Waals surface area contributed by atoms with Crippen LogP contribution in [0.2, 0.25) is 0 Å². The van der Waals surface area contributed by atoms with Crippen LogP contribution in [-0.2, 0) is 4.74 Å². The van der Waals surface area contributed by atoms with Crippen LogP contribution in [0.5, 0.6) is 0 Å². The van der Waals surface area contributed by atoms with E-state index in [4.69, 9.17) is 4.74 Å². The van der Waals surface area contributed by atoms with Gasteiger partial charge in [-0.3, -0.25) is 0 Å². The number of hydrogen-bond acceptors (Lipinski definition) is 1. The number of quaternary nitrogens is 2. The van der Waals surface area contributed by atoms with Gasteiger partial charge in [0.05, 0.1) is 54.5 Å². The van der Waals surface area contributed by atoms with Crippen molar-refractivity contribution in [1.82, 2.24) is 0 Å². The summed E-state index contributed by atoms with van der Waals surface area (Å²) in [6, 6.07) is 0. The molecule has 0 aliphatic heterocycles. The van der Waals surface area contributed by atoms with Crippen molar-refractivity contribution in [2.45, 2.75) is 89.9 Å². The predicted octanol–water partition coefficient (Wildman–Crippen LogP) is 5.88. The van der Waals surface area contributed by atoms with Gasteiger partial charge in [-0.15, -0.1) is 0 Å². The van der Waals surface area contributed by atoms with Gasteiger partial charge in [-0.25, -0.2) is 0 Å². The van der Waals surface area contributed by atoms with E-state index in [1.807, 2.05) is 0 Å². The summed E-state index contributed by atoms with van der Waals surface area (Å²) in [5, 5.41) is 0. The number of likely N-dealkylation sites (N-methyl/N-ethyl adjacent to an activating group) is 2. The lowest BCUT2D eigenvalue weighted by molar-refractivity contribution is -0.894. The number of ether oxygens (including phenoxy) is 1. The Morgan fingerprint density at radius 2 is 0.931 bits per heavy atom. The SMILES string of the molecule is C[N+](C)(CCCCC1CCCC1)CCOCC[N+](C)(C)CCCCC1CCCC1. The zero-order valence-electron chi connectivity index (χ0n) is 20.6. The first-order valence-electron chi connectivity index (χ1n) is 13.1. The fraction of sp³-hybridized carbons (Fsp3) is 1.00. The molecule has 2 aliphatic carbocycles. The molecule has 0 aromatic rings. The lowest BCUT2D eigenvalue weighted by atomic mass is 10.0. The molecule has 0 radical (unpaired) electrons. The molecule has 29 heavy (non-hydrogen) atoms. The van der Waals surface area contributed by atoms with E-state index in [0.29, 0.717) is 0 Å². The fourth-order valence-corrected chi connectivity index (χ4v) is 5.49. The molecule has 0 saturated heterocycles. The third kappa shape index (κ3) is 11.7. The maximum Gasteiger partial charge on any atom is 0.102 e. The first-order chi connectivity index (χ1) is 13.9. The Morgan fingerprint density at radius 1 is 0.552 bits per heavy atom. The Balaban J connectivity index is 1.43. The van der Waals surface area contributed by atoms with Crippen molar-refractivity contribution in [1.29, 1.82) is 0 Å². The van der Waals surface area contributed by atoms with Gasteiger partial charge in [0.2, 0.25) is 0 Å². The number of hydrogen-bond donors (Lipinski definition) is 0. The van der Waals surface area contributed by atoms with Crippen molar-refractivity contribution >= 4 is 0 Å². The largest absolute Gasteiger partial charge is 0.370 e. The minimum Gasteiger partial charge on any atom is -0.370 e. The molecule has 0 N–H and O–H groups in total. The monoisotopic (exact) mass is 410 g/mol. The minimum atomic E-state index is 0.914. The molecule has 2 saturated carbocycles. The number of unbranched alkanes of at least 4 members (excludes halogenated alkanes) is 2. The average molecular weight is 411 g/mol. The zero-order chi connectivity index (χ0) is 21.0. The summed E-state index contributed by atoms with van der Waals surface area (Å²) in [4.78, 5) is 0. The van der Waals surface area contributed by atoms with Gasteiger partial charge in [-0.05, 0) is 37.5 Å². The zero-order valence-corrected chi connectivity index (χ0v) is 20.6. The fourth-order valence-electron chi connectivity index (χ4n) is 5.49. The van der Waals surface area contributed by atoms with Crippen LogP contribution in [0.4, 0.5) is 0 Å². The molecule has 0 unspecified atom stereocenters. The first kappa shape index (κ1) is 25.1. The predicted molar refractivity (Wildman–Crippen MR) is 126 cm³/mol. The van der Waals surface area contributed by atoms with Gasteiger partial charge in [0.15, 0.2) is 0 Å². The van der Waals surface area contributed by atoms with Crippen LogP contribution in [-0.4, -0.2) is 76.5 Å². The van der Waals surface area contributed by atoms with Crippen molar-refractivity contribution in [2.75, 3.05) is 67.6 Å². The van der Waals surface area contributed by atoms with Gasteiger partial charge < -0.3 is 13.7 Å². The summed E-state index contributed by atoms with van der Waals surface area (Å²) in [7, 11) is 9.51. The second kappa shape index (κ2) is 13.3. The van der Waals surface area contributed by atoms with E-state index in [2.05, 4.69) is 28.2 Å². The third-order valence-electron chi connectivity index (χ3n) is 7.88. The van der Waals surface area contributed by atoms with E-state index in [0.717, 1.165) is 47.1 Å².